The molecule has 3 aliphatic rings. The monoisotopic (exact) mass is 690 g/mol. The molecule has 4 aromatic rings. The molecule has 44 heavy (non-hydrogen) atoms. The molecule has 7 heterocycles. The molecule has 2 bridgehead atoms. The Hall–Kier alpha value is -2.62. The Kier molecular flexibility index (Phi) is 7.53. The Morgan fingerprint density at radius 3 is 2.80 bits per heavy atom. The third-order valence-corrected chi connectivity index (χ3v) is 11.4. The van der Waals surface area contributed by atoms with Crippen LogP contribution >= 0.6 is 38.6 Å². The number of thiol groups is 1. The Labute approximate surface area is 255 Å². The van der Waals surface area contributed by atoms with E-state index in [2.05, 4.69) is 42.6 Å². The third kappa shape index (κ3) is 5.43. The molecular weight excluding hydrogens is 666 g/mol. The molecule has 7 rings (SSSR count). The molecule has 3 saturated heterocycles. The van der Waals surface area contributed by atoms with Crippen molar-refractivity contribution in [3.8, 4) is 0 Å². The van der Waals surface area contributed by atoms with E-state index >= 15 is 0 Å². The van der Waals surface area contributed by atoms with E-state index in [1.54, 1.807) is 6.07 Å². The minimum Gasteiger partial charge on any atom is -0.396 e. The van der Waals surface area contributed by atoms with Gasteiger partial charge in [0.25, 0.3) is 5.56 Å². The van der Waals surface area contributed by atoms with Crippen molar-refractivity contribution in [2.24, 2.45) is 0 Å². The largest absolute Gasteiger partial charge is 0.472 e. The van der Waals surface area contributed by atoms with Gasteiger partial charge < -0.3 is 26.2 Å². The van der Waals surface area contributed by atoms with Gasteiger partial charge in [0.2, 0.25) is 5.95 Å². The quantitative estimate of drug-likeness (QED) is 0.121. The highest BCUT2D eigenvalue weighted by atomic mass is 32.7. The summed E-state index contributed by atoms with van der Waals surface area (Å²) in [6, 6.07) is 1.59. The maximum atomic E-state index is 13.5. The number of nitrogens with zero attached hydrogens (tertiary/aromatic N) is 7. The van der Waals surface area contributed by atoms with Crippen LogP contribution in [0.2, 0.25) is 0 Å². The molecule has 0 saturated carbocycles. The molecule has 0 spiro atoms. The van der Waals surface area contributed by atoms with Gasteiger partial charge in [0, 0.05) is 6.42 Å². The number of aromatic amines is 1. The molecule has 0 radical (unpaired) electrons. The lowest BCUT2D eigenvalue weighted by Gasteiger charge is -2.26. The number of phosphoric acid groups is 1. The number of nitrogens with two attached hydrogens (primary N) is 2. The van der Waals surface area contributed by atoms with Crippen LogP contribution in [-0.4, -0.2) is 92.4 Å². The lowest BCUT2D eigenvalue weighted by molar-refractivity contribution is -0.0235. The highest BCUT2D eigenvalue weighted by Gasteiger charge is 2.51. The highest BCUT2D eigenvalue weighted by molar-refractivity contribution is 8.44. The van der Waals surface area contributed by atoms with Crippen molar-refractivity contribution in [1.29, 1.82) is 0 Å². The van der Waals surface area contributed by atoms with Crippen LogP contribution in [0.15, 0.2) is 23.3 Å². The van der Waals surface area contributed by atoms with Gasteiger partial charge in [0.15, 0.2) is 16.8 Å². The number of anilines is 2. The van der Waals surface area contributed by atoms with E-state index in [0.717, 1.165) is 16.4 Å². The molecule has 24 heteroatoms. The summed E-state index contributed by atoms with van der Waals surface area (Å²) in [5.41, 5.74) is 12.1. The summed E-state index contributed by atoms with van der Waals surface area (Å²) in [4.78, 5) is 33.6. The second-order valence-electron chi connectivity index (χ2n) is 10.1. The van der Waals surface area contributed by atoms with Crippen LogP contribution in [0.5, 0.6) is 0 Å². The number of ether oxygens (including phenoxy) is 1. The van der Waals surface area contributed by atoms with Gasteiger partial charge in [0.1, 0.15) is 29.8 Å². The van der Waals surface area contributed by atoms with E-state index < -0.39 is 74.5 Å². The van der Waals surface area contributed by atoms with Crippen molar-refractivity contribution in [3.63, 3.8) is 0 Å². The Morgan fingerprint density at radius 2 is 1.98 bits per heavy atom. The number of thioether (sulfide) groups is 1. The molecule has 0 amide bonds. The highest BCUT2D eigenvalue weighted by Crippen LogP contribution is 2.60. The van der Waals surface area contributed by atoms with Crippen LogP contribution in [0.3, 0.4) is 0 Å². The zero-order valence-electron chi connectivity index (χ0n) is 22.1. The maximum absolute atomic E-state index is 13.5. The minimum absolute atomic E-state index is 0.0457. The summed E-state index contributed by atoms with van der Waals surface area (Å²) in [6.07, 6.45) is -2.64. The van der Waals surface area contributed by atoms with E-state index in [9.17, 15) is 23.9 Å². The first-order chi connectivity index (χ1) is 20.9. The molecule has 7 N–H and O–H groups in total. The van der Waals surface area contributed by atoms with Crippen LogP contribution in [0.1, 0.15) is 23.6 Å². The molecule has 20 nitrogen and oxygen atoms in total. The van der Waals surface area contributed by atoms with E-state index in [0.29, 0.717) is 17.0 Å². The van der Waals surface area contributed by atoms with Crippen LogP contribution in [0, 0.1) is 0 Å². The molecule has 3 aliphatic heterocycles. The number of aromatic nitrogens is 8. The average molecular weight is 691 g/mol. The number of hydrogen-bond donors (Lipinski definition) is 6. The number of aliphatic hydroxyl groups is 1. The van der Waals surface area contributed by atoms with Crippen molar-refractivity contribution in [3.05, 3.63) is 34.5 Å². The number of nitrogen functional groups attached to an aromatic ring is 2. The van der Waals surface area contributed by atoms with Crippen molar-refractivity contribution in [2.75, 3.05) is 24.7 Å². The predicted octanol–water partition coefficient (Wildman–Crippen LogP) is 0.182. The number of aliphatic hydroxyl groups excluding tert-OH is 1. The lowest BCUT2D eigenvalue weighted by atomic mass is 10.1. The van der Waals surface area contributed by atoms with E-state index in [4.69, 9.17) is 34.3 Å². The minimum atomic E-state index is -4.76. The second kappa shape index (κ2) is 11.0. The van der Waals surface area contributed by atoms with Gasteiger partial charge in [-0.3, -0.25) is 27.9 Å². The molecule has 9 atom stereocenters. The Balaban J connectivity index is 1.19. The first kappa shape index (κ1) is 30.1. The van der Waals surface area contributed by atoms with Gasteiger partial charge >= 0.3 is 14.6 Å². The fraction of sp³-hybridized carbons (Fsp3) is 0.500. The molecule has 2 unspecified atom stereocenters. The van der Waals surface area contributed by atoms with E-state index in [1.165, 1.54) is 16.9 Å². The lowest BCUT2D eigenvalue weighted by Crippen LogP contribution is -2.35. The topological polar surface area (TPSA) is 279 Å². The van der Waals surface area contributed by atoms with Gasteiger partial charge in [-0.05, 0) is 6.07 Å². The predicted molar refractivity (Wildman–Crippen MR) is 154 cm³/mol. The van der Waals surface area contributed by atoms with Gasteiger partial charge in [-0.1, -0.05) is 17.5 Å². The van der Waals surface area contributed by atoms with Crippen molar-refractivity contribution in [1.82, 2.24) is 39.6 Å². The normalized spacial score (nSPS) is 36.6. The summed E-state index contributed by atoms with van der Waals surface area (Å²) in [5, 5.41) is 21.2. The Bertz CT molecular complexity index is 1910. The SMILES string of the molecule is Nc1nc2c(nnn2[C@@H]2S[C@@H]3COP(=O)(O)O[C@H]4C[C@H](c5cnc6c(N)ccnn56)O[C@@H]4COP(=O)(S)O[C@@H]2[C@@H]3O)c(=O)[nH]1. The summed E-state index contributed by atoms with van der Waals surface area (Å²) < 4.78 is 57.4. The van der Waals surface area contributed by atoms with Crippen molar-refractivity contribution >= 4 is 67.1 Å². The summed E-state index contributed by atoms with van der Waals surface area (Å²) in [5.74, 6) is -0.219. The van der Waals surface area contributed by atoms with Crippen LogP contribution in [-0.2, 0) is 32.0 Å². The average Bonchev–Trinajstić information content (AvgIpc) is 3.72. The van der Waals surface area contributed by atoms with Gasteiger partial charge in [-0.2, -0.15) is 10.1 Å². The number of H-pyrrole nitrogens is 1. The molecule has 0 aromatic carbocycles. The zero-order chi connectivity index (χ0) is 31.0. The number of hydrogen-bond acceptors (Lipinski definition) is 17. The van der Waals surface area contributed by atoms with Gasteiger partial charge in [-0.25, -0.2) is 23.3 Å². The summed E-state index contributed by atoms with van der Waals surface area (Å²) in [7, 11) is -4.76. The second-order valence-corrected chi connectivity index (χ2v) is 15.7. The van der Waals surface area contributed by atoms with Crippen molar-refractivity contribution < 1.29 is 42.0 Å². The number of fused-ring (bicyclic) bond motifs is 5. The number of nitrogens with one attached hydrogen (secondary N) is 1. The first-order valence-corrected chi connectivity index (χ1v) is 18.0. The number of phosphoric ester groups is 1. The van der Waals surface area contributed by atoms with Crippen LogP contribution in [0.4, 0.5) is 11.6 Å². The molecular formula is C20H24N10O10P2S2. The number of rotatable bonds is 2. The molecule has 0 aliphatic carbocycles. The van der Waals surface area contributed by atoms with E-state index in [-0.39, 0.29) is 23.5 Å². The molecule has 4 aromatic heterocycles. The fourth-order valence-electron chi connectivity index (χ4n) is 5.23. The van der Waals surface area contributed by atoms with Gasteiger partial charge in [0.05, 0.1) is 48.3 Å². The zero-order valence-corrected chi connectivity index (χ0v) is 25.6. The molecule has 236 valence electrons. The van der Waals surface area contributed by atoms with Gasteiger partial charge in [-0.15, -0.1) is 16.9 Å². The first-order valence-electron chi connectivity index (χ1n) is 12.9. The maximum Gasteiger partial charge on any atom is 0.472 e. The van der Waals surface area contributed by atoms with Crippen molar-refractivity contribution in [2.45, 2.75) is 47.6 Å². The smallest absolute Gasteiger partial charge is 0.396 e. The Morgan fingerprint density at radius 1 is 1.16 bits per heavy atom. The van der Waals surface area contributed by atoms with Crippen LogP contribution in [0.25, 0.3) is 16.8 Å². The summed E-state index contributed by atoms with van der Waals surface area (Å²) >= 11 is 5.09. The molecule has 3 fully saturated rings. The fourth-order valence-corrected chi connectivity index (χ4v) is 9.31. The third-order valence-electron chi connectivity index (χ3n) is 7.22. The number of imidazole rings is 1. The van der Waals surface area contributed by atoms with E-state index in [1.807, 2.05) is 0 Å². The summed E-state index contributed by atoms with van der Waals surface area (Å²) in [6.45, 7) is -5.23. The van der Waals surface area contributed by atoms with Crippen LogP contribution < -0.4 is 17.0 Å². The standard InChI is InChI=1S/C20H24N10O10P2S2/c21-7-1-2-24-29-8(4-23-16(7)29)9-3-10-11(38-9)5-37-42(35,43)40-15-14(31)12(6-36-41(33,34)39-10)44-19(15)30-17-13(27-28-30)18(32)26-20(22)25-17/h1-2,4,9-12,14-15,19,31H,3,5-6,21H2,(H,33,34)(H,35,43)(H3,22,25,26,32)/t9-,10+,11-,12-,14-,15-,19-,42?/m1/s1.